The molecule has 0 aromatic heterocycles. The molecule has 0 aliphatic rings. The minimum absolute atomic E-state index is 0.135. The molecule has 0 spiro atoms. The third kappa shape index (κ3) is 5.42. The van der Waals surface area contributed by atoms with E-state index in [0.717, 1.165) is 10.0 Å². The van der Waals surface area contributed by atoms with Crippen LogP contribution < -0.4 is 10.0 Å². The number of halogens is 2. The van der Waals surface area contributed by atoms with Crippen molar-refractivity contribution in [2.45, 2.75) is 17.9 Å². The van der Waals surface area contributed by atoms with Crippen molar-refractivity contribution in [3.05, 3.63) is 94.2 Å². The summed E-state index contributed by atoms with van der Waals surface area (Å²) in [6, 6.07) is 18.0. The summed E-state index contributed by atoms with van der Waals surface area (Å²) in [5.41, 5.74) is 1.50. The molecule has 0 aliphatic carbocycles. The van der Waals surface area contributed by atoms with Crippen LogP contribution in [0.4, 0.5) is 10.1 Å². The summed E-state index contributed by atoms with van der Waals surface area (Å²) in [5.74, 6) is -0.655. The number of amides is 1. The number of carbonyl (C=O) groups is 1. The summed E-state index contributed by atoms with van der Waals surface area (Å²) in [6.45, 7) is 1.80. The monoisotopic (exact) mass is 476 g/mol. The van der Waals surface area contributed by atoms with Gasteiger partial charge in [0.25, 0.3) is 15.9 Å². The van der Waals surface area contributed by atoms with Gasteiger partial charge in [-0.15, -0.1) is 0 Å². The van der Waals surface area contributed by atoms with Gasteiger partial charge in [-0.3, -0.25) is 9.52 Å². The Morgan fingerprint density at radius 1 is 0.931 bits per heavy atom. The Morgan fingerprint density at radius 2 is 1.52 bits per heavy atom. The SMILES string of the molecule is CC(NC(=O)c1ccc(NS(=O)(=O)c2ccc(Br)cc2)cc1)c1ccc(F)cc1. The van der Waals surface area contributed by atoms with Gasteiger partial charge in [-0.2, -0.15) is 0 Å². The van der Waals surface area contributed by atoms with Gasteiger partial charge in [-0.05, 0) is 73.2 Å². The van der Waals surface area contributed by atoms with Crippen LogP contribution in [0.5, 0.6) is 0 Å². The highest BCUT2D eigenvalue weighted by atomic mass is 79.9. The highest BCUT2D eigenvalue weighted by molar-refractivity contribution is 9.10. The average molecular weight is 477 g/mol. The number of sulfonamides is 1. The average Bonchev–Trinajstić information content (AvgIpc) is 2.69. The summed E-state index contributed by atoms with van der Waals surface area (Å²) in [5, 5.41) is 2.83. The topological polar surface area (TPSA) is 75.3 Å². The minimum Gasteiger partial charge on any atom is -0.346 e. The molecule has 0 bridgehead atoms. The minimum atomic E-state index is -3.72. The molecule has 3 aromatic carbocycles. The molecule has 0 aliphatic heterocycles. The molecule has 150 valence electrons. The first-order valence-corrected chi connectivity index (χ1v) is 11.0. The van der Waals surface area contributed by atoms with Crippen molar-refractivity contribution in [2.24, 2.45) is 0 Å². The molecule has 0 saturated heterocycles. The van der Waals surface area contributed by atoms with Crippen molar-refractivity contribution < 1.29 is 17.6 Å². The lowest BCUT2D eigenvalue weighted by atomic mass is 10.1. The molecule has 0 heterocycles. The predicted molar refractivity (Wildman–Crippen MR) is 114 cm³/mol. The standard InChI is InChI=1S/C21H18BrFN2O3S/c1-14(15-2-8-18(23)9-3-15)24-21(26)16-4-10-19(11-5-16)25-29(27,28)20-12-6-17(22)7-13-20/h2-14,25H,1H3,(H,24,26). The van der Waals surface area contributed by atoms with E-state index in [1.807, 2.05) is 0 Å². The largest absolute Gasteiger partial charge is 0.346 e. The van der Waals surface area contributed by atoms with Crippen molar-refractivity contribution in [1.29, 1.82) is 0 Å². The van der Waals surface area contributed by atoms with E-state index in [-0.39, 0.29) is 22.7 Å². The lowest BCUT2D eigenvalue weighted by Gasteiger charge is -2.15. The summed E-state index contributed by atoms with van der Waals surface area (Å²) < 4.78 is 41.1. The van der Waals surface area contributed by atoms with Crippen LogP contribution in [0.2, 0.25) is 0 Å². The van der Waals surface area contributed by atoms with Gasteiger partial charge in [0.05, 0.1) is 10.9 Å². The molecule has 2 N–H and O–H groups in total. The van der Waals surface area contributed by atoms with E-state index in [2.05, 4.69) is 26.0 Å². The van der Waals surface area contributed by atoms with Crippen LogP contribution in [0.3, 0.4) is 0 Å². The fraction of sp³-hybridized carbons (Fsp3) is 0.0952. The fourth-order valence-electron chi connectivity index (χ4n) is 2.63. The van der Waals surface area contributed by atoms with Crippen molar-refractivity contribution in [1.82, 2.24) is 5.32 Å². The number of carbonyl (C=O) groups excluding carboxylic acids is 1. The van der Waals surface area contributed by atoms with Gasteiger partial charge >= 0.3 is 0 Å². The van der Waals surface area contributed by atoms with Gasteiger partial charge in [0.15, 0.2) is 0 Å². The quantitative estimate of drug-likeness (QED) is 0.532. The Hall–Kier alpha value is -2.71. The lowest BCUT2D eigenvalue weighted by molar-refractivity contribution is 0.0940. The number of nitrogens with one attached hydrogen (secondary N) is 2. The third-order valence-corrected chi connectivity index (χ3v) is 6.17. The van der Waals surface area contributed by atoms with Gasteiger partial charge in [-0.25, -0.2) is 12.8 Å². The van der Waals surface area contributed by atoms with Crippen molar-refractivity contribution >= 4 is 37.5 Å². The van der Waals surface area contributed by atoms with E-state index in [1.165, 1.54) is 48.5 Å². The second kappa shape index (κ2) is 8.75. The zero-order valence-corrected chi connectivity index (χ0v) is 17.8. The highest BCUT2D eigenvalue weighted by Gasteiger charge is 2.15. The Morgan fingerprint density at radius 3 is 2.10 bits per heavy atom. The Kier molecular flexibility index (Phi) is 6.34. The molecule has 0 saturated carbocycles. The molecular formula is C21H18BrFN2O3S. The number of hydrogen-bond donors (Lipinski definition) is 2. The molecule has 1 unspecified atom stereocenters. The van der Waals surface area contributed by atoms with Crippen LogP contribution in [-0.4, -0.2) is 14.3 Å². The molecule has 0 fully saturated rings. The van der Waals surface area contributed by atoms with Gasteiger partial charge in [0, 0.05) is 15.7 Å². The van der Waals surface area contributed by atoms with Gasteiger partial charge in [0.1, 0.15) is 5.82 Å². The molecular weight excluding hydrogens is 459 g/mol. The molecule has 3 rings (SSSR count). The maximum Gasteiger partial charge on any atom is 0.261 e. The first kappa shape index (κ1) is 21.0. The fourth-order valence-corrected chi connectivity index (χ4v) is 3.96. The summed E-state index contributed by atoms with van der Waals surface area (Å²) in [7, 11) is -3.72. The van der Waals surface area contributed by atoms with Gasteiger partial charge < -0.3 is 5.32 Å². The Labute approximate surface area is 177 Å². The Balaban J connectivity index is 1.67. The normalized spacial score (nSPS) is 12.2. The predicted octanol–water partition coefficient (Wildman–Crippen LogP) is 4.88. The summed E-state index contributed by atoms with van der Waals surface area (Å²) in [6.07, 6.45) is 0. The Bertz CT molecular complexity index is 1100. The van der Waals surface area contributed by atoms with E-state index >= 15 is 0 Å². The molecule has 5 nitrogen and oxygen atoms in total. The van der Waals surface area contributed by atoms with E-state index in [9.17, 15) is 17.6 Å². The van der Waals surface area contributed by atoms with Crippen LogP contribution in [0, 0.1) is 5.82 Å². The smallest absolute Gasteiger partial charge is 0.261 e. The van der Waals surface area contributed by atoms with Crippen LogP contribution in [0.1, 0.15) is 28.9 Å². The van der Waals surface area contributed by atoms with Gasteiger partial charge in [0.2, 0.25) is 0 Å². The maximum atomic E-state index is 13.0. The first-order valence-electron chi connectivity index (χ1n) is 8.69. The van der Waals surface area contributed by atoms with Crippen LogP contribution in [0.15, 0.2) is 82.2 Å². The zero-order chi connectivity index (χ0) is 21.0. The lowest BCUT2D eigenvalue weighted by Crippen LogP contribution is -2.26. The third-order valence-electron chi connectivity index (χ3n) is 4.24. The van der Waals surface area contributed by atoms with Crippen LogP contribution in [0.25, 0.3) is 0 Å². The van der Waals surface area contributed by atoms with E-state index < -0.39 is 10.0 Å². The number of rotatable bonds is 6. The van der Waals surface area contributed by atoms with Crippen LogP contribution in [-0.2, 0) is 10.0 Å². The zero-order valence-electron chi connectivity index (χ0n) is 15.4. The van der Waals surface area contributed by atoms with Crippen molar-refractivity contribution in [3.63, 3.8) is 0 Å². The summed E-state index contributed by atoms with van der Waals surface area (Å²) >= 11 is 3.27. The molecule has 1 amide bonds. The first-order chi connectivity index (χ1) is 13.7. The molecule has 8 heteroatoms. The number of hydrogen-bond acceptors (Lipinski definition) is 3. The maximum absolute atomic E-state index is 13.0. The molecule has 1 atom stereocenters. The van der Waals surface area contributed by atoms with E-state index in [0.29, 0.717) is 11.3 Å². The van der Waals surface area contributed by atoms with Crippen molar-refractivity contribution in [2.75, 3.05) is 4.72 Å². The van der Waals surface area contributed by atoms with Crippen LogP contribution >= 0.6 is 15.9 Å². The van der Waals surface area contributed by atoms with Crippen molar-refractivity contribution in [3.8, 4) is 0 Å². The second-order valence-corrected chi connectivity index (χ2v) is 8.98. The van der Waals surface area contributed by atoms with E-state index in [1.54, 1.807) is 31.2 Å². The molecule has 0 radical (unpaired) electrons. The molecule has 3 aromatic rings. The summed E-state index contributed by atoms with van der Waals surface area (Å²) in [4.78, 5) is 12.6. The highest BCUT2D eigenvalue weighted by Crippen LogP contribution is 2.19. The number of benzene rings is 3. The number of anilines is 1. The second-order valence-electron chi connectivity index (χ2n) is 6.38. The van der Waals surface area contributed by atoms with E-state index in [4.69, 9.17) is 0 Å². The molecule has 29 heavy (non-hydrogen) atoms. The van der Waals surface area contributed by atoms with Gasteiger partial charge in [-0.1, -0.05) is 28.1 Å².